The van der Waals surface area contributed by atoms with Crippen LogP contribution >= 0.6 is 11.6 Å². The lowest BCUT2D eigenvalue weighted by atomic mass is 9.91. The summed E-state index contributed by atoms with van der Waals surface area (Å²) in [6, 6.07) is 20.1. The van der Waals surface area contributed by atoms with Gasteiger partial charge in [0.25, 0.3) is 0 Å². The van der Waals surface area contributed by atoms with Crippen molar-refractivity contribution in [2.75, 3.05) is 5.32 Å². The molecule has 3 nitrogen and oxygen atoms in total. The number of nitrogens with zero attached hydrogens (tertiary/aromatic N) is 1. The summed E-state index contributed by atoms with van der Waals surface area (Å²) in [6.07, 6.45) is 12.6. The van der Waals surface area contributed by atoms with E-state index in [2.05, 4.69) is 47.6 Å². The summed E-state index contributed by atoms with van der Waals surface area (Å²) >= 11 is 5.97. The number of halogens is 1. The number of hydrogen-bond acceptors (Lipinski definition) is 2. The Labute approximate surface area is 195 Å². The average Bonchev–Trinajstić information content (AvgIpc) is 3.62. The van der Waals surface area contributed by atoms with Crippen molar-refractivity contribution in [3.8, 4) is 0 Å². The topological polar surface area (TPSA) is 42.0 Å². The Kier molecular flexibility index (Phi) is 7.39. The summed E-state index contributed by atoms with van der Waals surface area (Å²) in [7, 11) is 0. The monoisotopic (exact) mass is 444 g/mol. The summed E-state index contributed by atoms with van der Waals surface area (Å²) in [6.45, 7) is 2.21. The van der Waals surface area contributed by atoms with Crippen molar-refractivity contribution in [3.63, 3.8) is 0 Å². The molecule has 1 saturated carbocycles. The smallest absolute Gasteiger partial charge is 0.228 e. The largest absolute Gasteiger partial charge is 0.326 e. The van der Waals surface area contributed by atoms with Crippen molar-refractivity contribution in [2.24, 2.45) is 5.92 Å². The third-order valence-electron chi connectivity index (χ3n) is 6.06. The van der Waals surface area contributed by atoms with E-state index in [1.165, 1.54) is 29.5 Å². The second kappa shape index (κ2) is 10.6. The Morgan fingerprint density at radius 2 is 1.91 bits per heavy atom. The van der Waals surface area contributed by atoms with Crippen LogP contribution in [0.5, 0.6) is 0 Å². The van der Waals surface area contributed by atoms with Crippen LogP contribution in [0, 0.1) is 5.92 Å². The number of carbonyl (C=O) groups excluding carboxylic acids is 1. The fourth-order valence-electron chi connectivity index (χ4n) is 4.10. The van der Waals surface area contributed by atoms with Gasteiger partial charge in [-0.15, -0.1) is 0 Å². The van der Waals surface area contributed by atoms with E-state index in [-0.39, 0.29) is 23.7 Å². The summed E-state index contributed by atoms with van der Waals surface area (Å²) in [5.41, 5.74) is 4.37. The minimum Gasteiger partial charge on any atom is -0.326 e. The number of aromatic nitrogens is 1. The van der Waals surface area contributed by atoms with Crippen LogP contribution < -0.4 is 5.32 Å². The van der Waals surface area contributed by atoms with Crippen LogP contribution in [0.15, 0.2) is 85.2 Å². The first kappa shape index (κ1) is 22.3. The van der Waals surface area contributed by atoms with Gasteiger partial charge in [0.15, 0.2) is 0 Å². The van der Waals surface area contributed by atoms with Gasteiger partial charge < -0.3 is 5.32 Å². The van der Waals surface area contributed by atoms with Crippen LogP contribution in [0.2, 0.25) is 5.02 Å². The molecule has 1 aliphatic rings. The van der Waals surface area contributed by atoms with Gasteiger partial charge in [0, 0.05) is 34.9 Å². The van der Waals surface area contributed by atoms with E-state index in [9.17, 15) is 4.79 Å². The Balaban J connectivity index is 1.41. The van der Waals surface area contributed by atoms with Gasteiger partial charge in [-0.3, -0.25) is 9.78 Å². The van der Waals surface area contributed by atoms with E-state index in [1.54, 1.807) is 6.20 Å². The number of rotatable bonds is 9. The Bertz CT molecular complexity index is 1050. The van der Waals surface area contributed by atoms with Gasteiger partial charge in [-0.25, -0.2) is 0 Å². The van der Waals surface area contributed by atoms with E-state index in [0.717, 1.165) is 23.6 Å². The maximum atomic E-state index is 12.7. The van der Waals surface area contributed by atoms with E-state index in [0.29, 0.717) is 0 Å². The maximum Gasteiger partial charge on any atom is 0.228 e. The van der Waals surface area contributed by atoms with Crippen LogP contribution in [0.1, 0.15) is 61.1 Å². The molecule has 1 amide bonds. The molecule has 0 bridgehead atoms. The molecule has 1 aromatic heterocycles. The van der Waals surface area contributed by atoms with E-state index < -0.39 is 0 Å². The third-order valence-corrected chi connectivity index (χ3v) is 6.31. The Morgan fingerprint density at radius 3 is 2.59 bits per heavy atom. The van der Waals surface area contributed by atoms with Crippen LogP contribution in [-0.4, -0.2) is 10.9 Å². The molecule has 1 unspecified atom stereocenters. The summed E-state index contributed by atoms with van der Waals surface area (Å²) in [4.78, 5) is 17.0. The highest BCUT2D eigenvalue weighted by atomic mass is 35.5. The number of allylic oxidation sites excluding steroid dienone is 2. The Morgan fingerprint density at radius 1 is 1.12 bits per heavy atom. The van der Waals surface area contributed by atoms with Crippen molar-refractivity contribution in [3.05, 3.63) is 107 Å². The molecule has 0 aliphatic heterocycles. The molecule has 3 atom stereocenters. The molecule has 4 heteroatoms. The minimum atomic E-state index is 0.0282. The number of anilines is 1. The number of hydrogen-bond donors (Lipinski definition) is 1. The molecule has 2 aromatic carbocycles. The molecule has 0 radical (unpaired) electrons. The quantitative estimate of drug-likeness (QED) is 0.276. The highest BCUT2D eigenvalue weighted by molar-refractivity contribution is 6.30. The summed E-state index contributed by atoms with van der Waals surface area (Å²) < 4.78 is 0. The number of pyridine rings is 1. The van der Waals surface area contributed by atoms with E-state index in [1.807, 2.05) is 48.7 Å². The van der Waals surface area contributed by atoms with Crippen LogP contribution in [0.3, 0.4) is 0 Å². The second-order valence-corrected chi connectivity index (χ2v) is 8.88. The zero-order chi connectivity index (χ0) is 22.3. The molecule has 1 N–H and O–H groups in total. The lowest BCUT2D eigenvalue weighted by Gasteiger charge is -2.15. The molecule has 4 rings (SSSR count). The van der Waals surface area contributed by atoms with Crippen LogP contribution in [0.25, 0.3) is 0 Å². The number of amides is 1. The molecular formula is C28H29ClN2O. The molecule has 1 fully saturated rings. The maximum absolute atomic E-state index is 12.7. The van der Waals surface area contributed by atoms with Gasteiger partial charge in [-0.2, -0.15) is 0 Å². The molecule has 32 heavy (non-hydrogen) atoms. The highest BCUT2D eigenvalue weighted by Crippen LogP contribution is 2.48. The first-order chi connectivity index (χ1) is 15.7. The van der Waals surface area contributed by atoms with E-state index >= 15 is 0 Å². The van der Waals surface area contributed by atoms with Gasteiger partial charge in [-0.1, -0.05) is 73.9 Å². The predicted octanol–water partition coefficient (Wildman–Crippen LogP) is 7.36. The first-order valence-corrected chi connectivity index (χ1v) is 11.8. The van der Waals surface area contributed by atoms with Crippen molar-refractivity contribution < 1.29 is 4.79 Å². The van der Waals surface area contributed by atoms with Gasteiger partial charge in [0.2, 0.25) is 5.91 Å². The normalized spacial score (nSPS) is 18.4. The zero-order valence-electron chi connectivity index (χ0n) is 18.4. The van der Waals surface area contributed by atoms with Gasteiger partial charge in [-0.05, 0) is 65.8 Å². The number of carbonyl (C=O) groups is 1. The lowest BCUT2D eigenvalue weighted by molar-refractivity contribution is -0.117. The molecular weight excluding hydrogens is 416 g/mol. The SMILES string of the molecule is CCCC/C=C/C(c1ccc(NC(=O)[C@H]2C[C@H]2c2ccc(Cl)cc2)cc1)c1cccnc1. The molecule has 1 heterocycles. The summed E-state index contributed by atoms with van der Waals surface area (Å²) in [5, 5.41) is 3.81. The molecule has 3 aromatic rings. The number of benzene rings is 2. The second-order valence-electron chi connectivity index (χ2n) is 8.45. The van der Waals surface area contributed by atoms with Gasteiger partial charge in [0.05, 0.1) is 0 Å². The standard InChI is InChI=1S/C28H29ClN2O/c1-2-3-4-5-8-25(22-7-6-17-30-19-22)20-11-15-24(16-12-20)31-28(32)27-18-26(27)21-9-13-23(29)14-10-21/h5-17,19,25-27H,2-4,18H2,1H3,(H,31,32)/b8-5+/t25?,26-,27-/m0/s1. The zero-order valence-corrected chi connectivity index (χ0v) is 19.1. The van der Waals surface area contributed by atoms with Crippen molar-refractivity contribution in [2.45, 2.75) is 44.4 Å². The van der Waals surface area contributed by atoms with Crippen molar-refractivity contribution in [1.29, 1.82) is 0 Å². The fraction of sp³-hybridized carbons (Fsp3) is 0.286. The highest BCUT2D eigenvalue weighted by Gasteiger charge is 2.43. The average molecular weight is 445 g/mol. The number of nitrogens with one attached hydrogen (secondary N) is 1. The summed E-state index contributed by atoms with van der Waals surface area (Å²) in [5.74, 6) is 0.555. The van der Waals surface area contributed by atoms with E-state index in [4.69, 9.17) is 11.6 Å². The predicted molar refractivity (Wildman–Crippen MR) is 132 cm³/mol. The van der Waals surface area contributed by atoms with Crippen LogP contribution in [-0.2, 0) is 4.79 Å². The van der Waals surface area contributed by atoms with Crippen molar-refractivity contribution in [1.82, 2.24) is 4.98 Å². The molecule has 0 saturated heterocycles. The first-order valence-electron chi connectivity index (χ1n) is 11.4. The van der Waals surface area contributed by atoms with Crippen LogP contribution in [0.4, 0.5) is 5.69 Å². The molecule has 164 valence electrons. The van der Waals surface area contributed by atoms with Gasteiger partial charge >= 0.3 is 0 Å². The lowest BCUT2D eigenvalue weighted by Crippen LogP contribution is -2.14. The molecule has 1 aliphatic carbocycles. The minimum absolute atomic E-state index is 0.0282. The number of unbranched alkanes of at least 4 members (excludes halogenated alkanes) is 2. The van der Waals surface area contributed by atoms with Gasteiger partial charge in [0.1, 0.15) is 0 Å². The fourth-order valence-corrected chi connectivity index (χ4v) is 4.23. The van der Waals surface area contributed by atoms with Crippen molar-refractivity contribution >= 4 is 23.2 Å². The molecule has 0 spiro atoms. The Hall–Kier alpha value is -2.91. The third kappa shape index (κ3) is 5.66.